The Bertz CT molecular complexity index is 346. The zero-order valence-corrected chi connectivity index (χ0v) is 10.4. The average Bonchev–Trinajstić information content (AvgIpc) is 2.72. The van der Waals surface area contributed by atoms with E-state index in [-0.39, 0.29) is 0 Å². The summed E-state index contributed by atoms with van der Waals surface area (Å²) in [5.41, 5.74) is 5.89. The van der Waals surface area contributed by atoms with Gasteiger partial charge in [0.15, 0.2) is 0 Å². The smallest absolute Gasteiger partial charge is 0.244 e. The summed E-state index contributed by atoms with van der Waals surface area (Å²) in [6.07, 6.45) is 6.16. The Labute approximate surface area is 102 Å². The van der Waals surface area contributed by atoms with Gasteiger partial charge in [-0.25, -0.2) is 4.68 Å². The van der Waals surface area contributed by atoms with Crippen LogP contribution in [-0.4, -0.2) is 35.0 Å². The van der Waals surface area contributed by atoms with Crippen LogP contribution in [-0.2, 0) is 4.74 Å². The third kappa shape index (κ3) is 3.09. The predicted molar refractivity (Wildman–Crippen MR) is 66.9 cm³/mol. The first-order valence-corrected chi connectivity index (χ1v) is 6.26. The average molecular weight is 239 g/mol. The minimum atomic E-state index is 0.425. The highest BCUT2D eigenvalue weighted by atomic mass is 16.5. The first-order valence-electron chi connectivity index (χ1n) is 6.26. The second kappa shape index (κ2) is 5.86. The lowest BCUT2D eigenvalue weighted by Crippen LogP contribution is -2.16. The van der Waals surface area contributed by atoms with Crippen molar-refractivity contribution in [2.24, 2.45) is 0 Å². The molecule has 6 nitrogen and oxygen atoms in total. The lowest BCUT2D eigenvalue weighted by Gasteiger charge is -2.21. The molecule has 1 fully saturated rings. The molecule has 0 bridgehead atoms. The van der Waals surface area contributed by atoms with Crippen molar-refractivity contribution in [2.45, 2.75) is 38.1 Å². The number of aromatic nitrogens is 3. The maximum atomic E-state index is 5.89. The van der Waals surface area contributed by atoms with Gasteiger partial charge in [-0.1, -0.05) is 19.3 Å². The van der Waals surface area contributed by atoms with E-state index >= 15 is 0 Å². The van der Waals surface area contributed by atoms with Gasteiger partial charge in [-0.05, 0) is 12.8 Å². The molecule has 0 aliphatic heterocycles. The fourth-order valence-electron chi connectivity index (χ4n) is 2.27. The van der Waals surface area contributed by atoms with Crippen LogP contribution in [0.2, 0.25) is 0 Å². The lowest BCUT2D eigenvalue weighted by molar-refractivity contribution is 0.210. The Morgan fingerprint density at radius 3 is 2.88 bits per heavy atom. The van der Waals surface area contributed by atoms with Gasteiger partial charge in [-0.3, -0.25) is 0 Å². The first-order chi connectivity index (χ1) is 8.31. The largest absolute Gasteiger partial charge is 0.383 e. The van der Waals surface area contributed by atoms with Crippen LogP contribution < -0.4 is 11.1 Å². The molecule has 0 saturated heterocycles. The Kier molecular flexibility index (Phi) is 4.19. The second-order valence-electron chi connectivity index (χ2n) is 4.45. The summed E-state index contributed by atoms with van der Waals surface area (Å²) in [5, 5.41) is 7.52. The van der Waals surface area contributed by atoms with Crippen LogP contribution in [0.4, 0.5) is 11.9 Å². The highest BCUT2D eigenvalue weighted by Crippen LogP contribution is 2.29. The van der Waals surface area contributed by atoms with Crippen molar-refractivity contribution in [3.8, 4) is 0 Å². The Morgan fingerprint density at radius 1 is 1.41 bits per heavy atom. The van der Waals surface area contributed by atoms with Gasteiger partial charge in [0.2, 0.25) is 11.9 Å². The number of nitrogen functional groups attached to an aromatic ring is 1. The van der Waals surface area contributed by atoms with Gasteiger partial charge in [-0.2, -0.15) is 4.98 Å². The molecule has 0 aromatic carbocycles. The number of nitrogens with zero attached hydrogens (tertiary/aromatic N) is 3. The third-order valence-electron chi connectivity index (χ3n) is 3.17. The SMILES string of the molecule is COCCNc1nc(N)n(C2CCCCC2)n1. The Morgan fingerprint density at radius 2 is 2.18 bits per heavy atom. The zero-order chi connectivity index (χ0) is 12.1. The van der Waals surface area contributed by atoms with Crippen LogP contribution in [0.25, 0.3) is 0 Å². The lowest BCUT2D eigenvalue weighted by atomic mass is 9.96. The van der Waals surface area contributed by atoms with E-state index in [1.54, 1.807) is 7.11 Å². The molecule has 0 spiro atoms. The molecule has 3 N–H and O–H groups in total. The van der Waals surface area contributed by atoms with Gasteiger partial charge in [0.1, 0.15) is 0 Å². The highest BCUT2D eigenvalue weighted by molar-refractivity contribution is 5.31. The van der Waals surface area contributed by atoms with Gasteiger partial charge in [0, 0.05) is 13.7 Å². The number of hydrogen-bond acceptors (Lipinski definition) is 5. The van der Waals surface area contributed by atoms with E-state index in [9.17, 15) is 0 Å². The van der Waals surface area contributed by atoms with Crippen LogP contribution in [0.5, 0.6) is 0 Å². The summed E-state index contributed by atoms with van der Waals surface area (Å²) in [4.78, 5) is 4.22. The molecule has 0 unspecified atom stereocenters. The Hall–Kier alpha value is -1.30. The van der Waals surface area contributed by atoms with Crippen molar-refractivity contribution in [1.29, 1.82) is 0 Å². The van der Waals surface area contributed by atoms with E-state index < -0.39 is 0 Å². The molecule has 1 aromatic rings. The highest BCUT2D eigenvalue weighted by Gasteiger charge is 2.19. The van der Waals surface area contributed by atoms with Gasteiger partial charge in [-0.15, -0.1) is 5.10 Å². The first kappa shape index (κ1) is 12.2. The van der Waals surface area contributed by atoms with Crippen molar-refractivity contribution in [3.63, 3.8) is 0 Å². The molecule has 0 radical (unpaired) electrons. The summed E-state index contributed by atoms with van der Waals surface area (Å²) < 4.78 is 6.83. The van der Waals surface area contributed by atoms with Crippen LogP contribution in [0.1, 0.15) is 38.1 Å². The minimum Gasteiger partial charge on any atom is -0.383 e. The molecule has 96 valence electrons. The van der Waals surface area contributed by atoms with Gasteiger partial charge < -0.3 is 15.8 Å². The molecule has 1 aliphatic carbocycles. The van der Waals surface area contributed by atoms with E-state index in [1.807, 2.05) is 4.68 Å². The number of methoxy groups -OCH3 is 1. The topological polar surface area (TPSA) is 78.0 Å². The summed E-state index contributed by atoms with van der Waals surface area (Å²) >= 11 is 0. The number of anilines is 2. The van der Waals surface area contributed by atoms with E-state index in [0.29, 0.717) is 31.1 Å². The van der Waals surface area contributed by atoms with E-state index in [2.05, 4.69) is 15.4 Å². The summed E-state index contributed by atoms with van der Waals surface area (Å²) in [5.74, 6) is 1.11. The molecule has 6 heteroatoms. The van der Waals surface area contributed by atoms with Crippen LogP contribution in [0.15, 0.2) is 0 Å². The molecule has 1 saturated carbocycles. The molecule has 0 atom stereocenters. The van der Waals surface area contributed by atoms with E-state index in [0.717, 1.165) is 12.8 Å². The standard InChI is InChI=1S/C11H21N5O/c1-17-8-7-13-11-14-10(12)16(15-11)9-5-3-2-4-6-9/h9H,2-8H2,1H3,(H3,12,13,14,15). The summed E-state index contributed by atoms with van der Waals surface area (Å²) in [7, 11) is 1.67. The quantitative estimate of drug-likeness (QED) is 0.760. The monoisotopic (exact) mass is 239 g/mol. The number of hydrogen-bond donors (Lipinski definition) is 2. The fourth-order valence-corrected chi connectivity index (χ4v) is 2.27. The second-order valence-corrected chi connectivity index (χ2v) is 4.45. The summed E-state index contributed by atoms with van der Waals surface area (Å²) in [6.45, 7) is 1.34. The molecule has 1 aliphatic rings. The molecule has 0 amide bonds. The maximum Gasteiger partial charge on any atom is 0.244 e. The molecular formula is C11H21N5O. The van der Waals surface area contributed by atoms with Crippen molar-refractivity contribution in [3.05, 3.63) is 0 Å². The van der Waals surface area contributed by atoms with Crippen molar-refractivity contribution < 1.29 is 4.74 Å². The Balaban J connectivity index is 1.97. The predicted octanol–water partition coefficient (Wildman–Crippen LogP) is 1.42. The molecular weight excluding hydrogens is 218 g/mol. The van der Waals surface area contributed by atoms with E-state index in [4.69, 9.17) is 10.5 Å². The minimum absolute atomic E-state index is 0.425. The zero-order valence-electron chi connectivity index (χ0n) is 10.4. The number of ether oxygens (including phenoxy) is 1. The van der Waals surface area contributed by atoms with Crippen molar-refractivity contribution in [1.82, 2.24) is 14.8 Å². The van der Waals surface area contributed by atoms with Crippen LogP contribution >= 0.6 is 0 Å². The molecule has 17 heavy (non-hydrogen) atoms. The van der Waals surface area contributed by atoms with Crippen molar-refractivity contribution in [2.75, 3.05) is 31.3 Å². The summed E-state index contributed by atoms with van der Waals surface area (Å²) in [6, 6.07) is 0.425. The van der Waals surface area contributed by atoms with Gasteiger partial charge >= 0.3 is 0 Å². The third-order valence-corrected chi connectivity index (χ3v) is 3.17. The number of nitrogens with one attached hydrogen (secondary N) is 1. The van der Waals surface area contributed by atoms with E-state index in [1.165, 1.54) is 19.3 Å². The van der Waals surface area contributed by atoms with Gasteiger partial charge in [0.25, 0.3) is 0 Å². The molecule has 2 rings (SSSR count). The normalized spacial score (nSPS) is 17.2. The number of nitrogens with two attached hydrogens (primary N) is 1. The number of rotatable bonds is 5. The maximum absolute atomic E-state index is 5.89. The van der Waals surface area contributed by atoms with Crippen molar-refractivity contribution >= 4 is 11.9 Å². The van der Waals surface area contributed by atoms with Crippen LogP contribution in [0, 0.1) is 0 Å². The fraction of sp³-hybridized carbons (Fsp3) is 0.818. The molecule has 1 heterocycles. The van der Waals surface area contributed by atoms with Gasteiger partial charge in [0.05, 0.1) is 12.6 Å². The molecule has 1 aromatic heterocycles. The van der Waals surface area contributed by atoms with Crippen LogP contribution in [0.3, 0.4) is 0 Å².